The second-order valence-electron chi connectivity index (χ2n) is 8.70. The molecule has 4 rings (SSSR count). The number of hydrogen-bond acceptors (Lipinski definition) is 4. The summed E-state index contributed by atoms with van der Waals surface area (Å²) < 4.78 is 1.71. The summed E-state index contributed by atoms with van der Waals surface area (Å²) in [6, 6.07) is 14.2. The van der Waals surface area contributed by atoms with Crippen LogP contribution < -0.4 is 5.32 Å². The monoisotopic (exact) mass is 431 g/mol. The fourth-order valence-corrected chi connectivity index (χ4v) is 4.23. The van der Waals surface area contributed by atoms with Gasteiger partial charge in [0.15, 0.2) is 5.69 Å². The Hall–Kier alpha value is -3.48. The smallest absolute Gasteiger partial charge is 0.273 e. The van der Waals surface area contributed by atoms with E-state index in [2.05, 4.69) is 21.7 Å². The molecule has 1 aliphatic heterocycles. The van der Waals surface area contributed by atoms with Gasteiger partial charge in [-0.05, 0) is 50.5 Å². The minimum Gasteiger partial charge on any atom is -0.350 e. The van der Waals surface area contributed by atoms with Gasteiger partial charge < -0.3 is 10.2 Å². The number of carbonyl (C=O) groups is 2. The molecule has 1 atom stereocenters. The fourth-order valence-electron chi connectivity index (χ4n) is 4.23. The Balaban J connectivity index is 1.38. The normalized spacial score (nSPS) is 15.9. The summed E-state index contributed by atoms with van der Waals surface area (Å²) in [5.74, 6) is -0.0444. The number of amides is 2. The number of nitrogens with zero attached hydrogens (tertiary/aromatic N) is 4. The van der Waals surface area contributed by atoms with Crippen LogP contribution in [0.1, 0.15) is 44.9 Å². The predicted molar refractivity (Wildman–Crippen MR) is 123 cm³/mol. The van der Waals surface area contributed by atoms with Crippen molar-refractivity contribution in [1.29, 1.82) is 0 Å². The molecule has 1 unspecified atom stereocenters. The highest BCUT2D eigenvalue weighted by Gasteiger charge is 2.30. The maximum absolute atomic E-state index is 12.8. The van der Waals surface area contributed by atoms with Gasteiger partial charge in [0.1, 0.15) is 0 Å². The quantitative estimate of drug-likeness (QED) is 0.650. The number of benzene rings is 2. The first-order valence-corrected chi connectivity index (χ1v) is 10.9. The van der Waals surface area contributed by atoms with Crippen LogP contribution in [0.25, 0.3) is 5.69 Å². The molecule has 0 saturated carbocycles. The first-order chi connectivity index (χ1) is 15.3. The van der Waals surface area contributed by atoms with Crippen LogP contribution in [0.3, 0.4) is 0 Å². The van der Waals surface area contributed by atoms with E-state index >= 15 is 0 Å². The molecule has 0 aliphatic carbocycles. The van der Waals surface area contributed by atoms with Gasteiger partial charge in [0.05, 0.1) is 11.4 Å². The molecule has 166 valence electrons. The molecule has 1 saturated heterocycles. The van der Waals surface area contributed by atoms with E-state index in [0.717, 1.165) is 22.4 Å². The lowest BCUT2D eigenvalue weighted by molar-refractivity contribution is -0.128. The highest BCUT2D eigenvalue weighted by molar-refractivity contribution is 5.93. The lowest BCUT2D eigenvalue weighted by Gasteiger charge is -2.17. The maximum atomic E-state index is 12.8. The molecule has 7 heteroatoms. The number of hydrogen-bond donors (Lipinski definition) is 1. The predicted octanol–water partition coefficient (Wildman–Crippen LogP) is 3.28. The van der Waals surface area contributed by atoms with Crippen LogP contribution in [0.15, 0.2) is 42.5 Å². The number of aryl methyl sites for hydroxylation is 2. The summed E-state index contributed by atoms with van der Waals surface area (Å²) in [5.41, 5.74) is 6.49. The highest BCUT2D eigenvalue weighted by atomic mass is 16.2. The number of rotatable bonds is 6. The third kappa shape index (κ3) is 4.42. The van der Waals surface area contributed by atoms with Gasteiger partial charge in [0, 0.05) is 32.0 Å². The van der Waals surface area contributed by atoms with Crippen molar-refractivity contribution in [3.63, 3.8) is 0 Å². The zero-order chi connectivity index (χ0) is 22.8. The van der Waals surface area contributed by atoms with Gasteiger partial charge in [-0.2, -0.15) is 0 Å². The van der Waals surface area contributed by atoms with Gasteiger partial charge in [-0.3, -0.25) is 9.59 Å². The molecule has 2 amide bonds. The molecular weight excluding hydrogens is 402 g/mol. The summed E-state index contributed by atoms with van der Waals surface area (Å²) >= 11 is 0. The zero-order valence-electron chi connectivity index (χ0n) is 19.1. The molecule has 1 fully saturated rings. The Morgan fingerprint density at radius 1 is 1.12 bits per heavy atom. The Morgan fingerprint density at radius 3 is 2.69 bits per heavy atom. The SMILES string of the molecule is Cc1cccc(CN2CC(CNC(=O)c3nnn(-c4cccc(C)c4C)c3C)CC2=O)c1. The van der Waals surface area contributed by atoms with E-state index in [1.165, 1.54) is 5.56 Å². The lowest BCUT2D eigenvalue weighted by Crippen LogP contribution is -2.31. The molecule has 0 spiro atoms. The summed E-state index contributed by atoms with van der Waals surface area (Å²) in [7, 11) is 0. The third-order valence-corrected chi connectivity index (χ3v) is 6.22. The van der Waals surface area contributed by atoms with Crippen LogP contribution in [0, 0.1) is 33.6 Å². The first kappa shape index (κ1) is 21.7. The Labute approximate surface area is 188 Å². The van der Waals surface area contributed by atoms with Crippen LogP contribution in [0.5, 0.6) is 0 Å². The Kier molecular flexibility index (Phi) is 6.08. The van der Waals surface area contributed by atoms with E-state index in [4.69, 9.17) is 0 Å². The van der Waals surface area contributed by atoms with E-state index in [9.17, 15) is 9.59 Å². The van der Waals surface area contributed by atoms with Gasteiger partial charge >= 0.3 is 0 Å². The van der Waals surface area contributed by atoms with Crippen LogP contribution in [-0.2, 0) is 11.3 Å². The van der Waals surface area contributed by atoms with Crippen LogP contribution in [0.2, 0.25) is 0 Å². The van der Waals surface area contributed by atoms with Crippen LogP contribution in [-0.4, -0.2) is 44.8 Å². The van der Waals surface area contributed by atoms with Gasteiger partial charge in [-0.15, -0.1) is 5.10 Å². The molecule has 2 heterocycles. The van der Waals surface area contributed by atoms with Crippen LogP contribution in [0.4, 0.5) is 0 Å². The standard InChI is InChI=1S/C25H29N5O2/c1-16-7-5-9-20(11-16)14-29-15-21(12-23(29)31)13-26-25(32)24-19(4)30(28-27-24)22-10-6-8-17(2)18(22)3/h5-11,21H,12-15H2,1-4H3,(H,26,32). The van der Waals surface area contributed by atoms with E-state index in [0.29, 0.717) is 37.4 Å². The van der Waals surface area contributed by atoms with Gasteiger partial charge in [0.2, 0.25) is 5.91 Å². The number of aromatic nitrogens is 3. The van der Waals surface area contributed by atoms with Crippen molar-refractivity contribution in [2.45, 2.75) is 40.7 Å². The molecular formula is C25H29N5O2. The summed E-state index contributed by atoms with van der Waals surface area (Å²) in [6.07, 6.45) is 0.445. The summed E-state index contributed by atoms with van der Waals surface area (Å²) in [5, 5.41) is 11.3. The number of nitrogens with one attached hydrogen (secondary N) is 1. The highest BCUT2D eigenvalue weighted by Crippen LogP contribution is 2.21. The van der Waals surface area contributed by atoms with Gasteiger partial charge in [-0.1, -0.05) is 47.2 Å². The average molecular weight is 432 g/mol. The second kappa shape index (κ2) is 8.94. The van der Waals surface area contributed by atoms with Crippen molar-refractivity contribution in [2.75, 3.05) is 13.1 Å². The number of likely N-dealkylation sites (tertiary alicyclic amines) is 1. The van der Waals surface area contributed by atoms with Crippen molar-refractivity contribution in [3.8, 4) is 5.69 Å². The van der Waals surface area contributed by atoms with Crippen molar-refractivity contribution in [3.05, 3.63) is 76.1 Å². The summed E-state index contributed by atoms with van der Waals surface area (Å²) in [4.78, 5) is 27.1. The van der Waals surface area contributed by atoms with Crippen LogP contribution >= 0.6 is 0 Å². The third-order valence-electron chi connectivity index (χ3n) is 6.22. The van der Waals surface area contributed by atoms with Crippen molar-refractivity contribution in [1.82, 2.24) is 25.2 Å². The Bertz CT molecular complexity index is 1170. The molecule has 7 nitrogen and oxygen atoms in total. The van der Waals surface area contributed by atoms with E-state index < -0.39 is 0 Å². The first-order valence-electron chi connectivity index (χ1n) is 10.9. The number of carbonyl (C=O) groups excluding carboxylic acids is 2. The lowest BCUT2D eigenvalue weighted by atomic mass is 10.1. The molecule has 1 aliphatic rings. The van der Waals surface area contributed by atoms with E-state index in [1.54, 1.807) is 4.68 Å². The molecule has 2 aromatic carbocycles. The Morgan fingerprint density at radius 2 is 1.91 bits per heavy atom. The topological polar surface area (TPSA) is 80.1 Å². The minimum atomic E-state index is -0.261. The van der Waals surface area contributed by atoms with E-state index in [-0.39, 0.29) is 17.7 Å². The van der Waals surface area contributed by atoms with Crippen molar-refractivity contribution >= 4 is 11.8 Å². The molecule has 1 aromatic heterocycles. The molecule has 0 radical (unpaired) electrons. The van der Waals surface area contributed by atoms with Crippen molar-refractivity contribution < 1.29 is 9.59 Å². The molecule has 32 heavy (non-hydrogen) atoms. The maximum Gasteiger partial charge on any atom is 0.273 e. The molecule has 1 N–H and O–H groups in total. The zero-order valence-corrected chi connectivity index (χ0v) is 19.1. The fraction of sp³-hybridized carbons (Fsp3) is 0.360. The molecule has 3 aromatic rings. The van der Waals surface area contributed by atoms with Gasteiger partial charge in [-0.25, -0.2) is 4.68 Å². The average Bonchev–Trinajstić information content (AvgIpc) is 3.31. The summed E-state index contributed by atoms with van der Waals surface area (Å²) in [6.45, 7) is 9.65. The molecule has 0 bridgehead atoms. The largest absolute Gasteiger partial charge is 0.350 e. The second-order valence-corrected chi connectivity index (χ2v) is 8.70. The van der Waals surface area contributed by atoms with Crippen molar-refractivity contribution in [2.24, 2.45) is 5.92 Å². The van der Waals surface area contributed by atoms with E-state index in [1.807, 2.05) is 69.0 Å². The van der Waals surface area contributed by atoms with Gasteiger partial charge in [0.25, 0.3) is 5.91 Å². The minimum absolute atomic E-state index is 0.0885.